The molecule has 8 heteroatoms. The van der Waals surface area contributed by atoms with Gasteiger partial charge >= 0.3 is 0 Å². The van der Waals surface area contributed by atoms with Crippen molar-refractivity contribution in [3.05, 3.63) is 52.3 Å². The van der Waals surface area contributed by atoms with Crippen LogP contribution in [0.1, 0.15) is 0 Å². The fourth-order valence-electron chi connectivity index (χ4n) is 1.55. The maximum atomic E-state index is 13.6. The number of sulfonamides is 1. The lowest BCUT2D eigenvalue weighted by Gasteiger charge is -2.12. The molecule has 2 rings (SSSR count). The third-order valence-corrected chi connectivity index (χ3v) is 4.43. The van der Waals surface area contributed by atoms with E-state index in [1.165, 1.54) is 30.3 Å². The monoisotopic (exact) mass is 334 g/mol. The summed E-state index contributed by atoms with van der Waals surface area (Å²) in [6.45, 7) is 0. The van der Waals surface area contributed by atoms with Crippen molar-refractivity contribution >= 4 is 44.6 Å². The molecule has 0 fully saturated rings. The average molecular weight is 335 g/mol. The number of hydrogen-bond acceptors (Lipinski definition) is 3. The Morgan fingerprint density at radius 2 is 1.85 bits per heavy atom. The van der Waals surface area contributed by atoms with Crippen molar-refractivity contribution in [2.45, 2.75) is 4.90 Å². The molecular weight excluding hydrogens is 326 g/mol. The van der Waals surface area contributed by atoms with Gasteiger partial charge in [0.15, 0.2) is 0 Å². The predicted octanol–water partition coefficient (Wildman–Crippen LogP) is 3.52. The predicted molar refractivity (Wildman–Crippen MR) is 78.1 cm³/mol. The van der Waals surface area contributed by atoms with Gasteiger partial charge < -0.3 is 5.73 Å². The number of nitrogen functional groups attached to an aromatic ring is 1. The second kappa shape index (κ2) is 5.47. The molecule has 0 bridgehead atoms. The Kier molecular flexibility index (Phi) is 4.08. The summed E-state index contributed by atoms with van der Waals surface area (Å²) < 4.78 is 40.0. The molecule has 2 aromatic carbocycles. The third-order valence-electron chi connectivity index (χ3n) is 2.46. The van der Waals surface area contributed by atoms with Crippen LogP contribution in [0.2, 0.25) is 10.0 Å². The largest absolute Gasteiger partial charge is 0.398 e. The van der Waals surface area contributed by atoms with E-state index in [9.17, 15) is 12.8 Å². The molecule has 0 saturated carbocycles. The molecule has 0 saturated heterocycles. The van der Waals surface area contributed by atoms with Crippen LogP contribution in [0.15, 0.2) is 41.3 Å². The van der Waals surface area contributed by atoms with Crippen LogP contribution >= 0.6 is 23.2 Å². The van der Waals surface area contributed by atoms with Gasteiger partial charge in [-0.2, -0.15) is 0 Å². The first kappa shape index (κ1) is 14.9. The lowest BCUT2D eigenvalue weighted by Crippen LogP contribution is -2.16. The highest BCUT2D eigenvalue weighted by atomic mass is 35.5. The maximum absolute atomic E-state index is 13.6. The van der Waals surface area contributed by atoms with E-state index >= 15 is 0 Å². The molecule has 3 N–H and O–H groups in total. The van der Waals surface area contributed by atoms with E-state index in [4.69, 9.17) is 28.9 Å². The average Bonchev–Trinajstić information content (AvgIpc) is 2.33. The van der Waals surface area contributed by atoms with Crippen LogP contribution in [0.5, 0.6) is 0 Å². The number of halogens is 3. The van der Waals surface area contributed by atoms with Crippen molar-refractivity contribution in [1.82, 2.24) is 0 Å². The SMILES string of the molecule is Nc1cc(Cl)ccc1S(=O)(=O)Nc1c(F)cccc1Cl. The molecule has 0 amide bonds. The van der Waals surface area contributed by atoms with Crippen LogP contribution in [0.4, 0.5) is 15.8 Å². The number of para-hydroxylation sites is 1. The standard InChI is InChI=1S/C12H9Cl2FN2O2S/c13-7-4-5-11(10(16)6-7)20(18,19)17-12-8(14)2-1-3-9(12)15/h1-6,17H,16H2. The Labute approximate surface area is 125 Å². The summed E-state index contributed by atoms with van der Waals surface area (Å²) in [6.07, 6.45) is 0. The van der Waals surface area contributed by atoms with Gasteiger partial charge in [0.05, 0.1) is 10.7 Å². The highest BCUT2D eigenvalue weighted by molar-refractivity contribution is 7.92. The van der Waals surface area contributed by atoms with E-state index in [0.717, 1.165) is 6.07 Å². The number of nitrogens with two attached hydrogens (primary N) is 1. The second-order valence-corrected chi connectivity index (χ2v) is 6.38. The van der Waals surface area contributed by atoms with E-state index in [0.29, 0.717) is 5.02 Å². The smallest absolute Gasteiger partial charge is 0.264 e. The minimum absolute atomic E-state index is 0.0440. The molecule has 0 atom stereocenters. The van der Waals surface area contributed by atoms with Crippen LogP contribution in [0.3, 0.4) is 0 Å². The van der Waals surface area contributed by atoms with Crippen LogP contribution in [0, 0.1) is 5.82 Å². The van der Waals surface area contributed by atoms with Crippen molar-refractivity contribution in [3.63, 3.8) is 0 Å². The molecular formula is C12H9Cl2FN2O2S. The first-order valence-electron chi connectivity index (χ1n) is 5.33. The van der Waals surface area contributed by atoms with Crippen LogP contribution in [0.25, 0.3) is 0 Å². The molecule has 0 unspecified atom stereocenters. The van der Waals surface area contributed by atoms with Gasteiger partial charge in [0.25, 0.3) is 10.0 Å². The summed E-state index contributed by atoms with van der Waals surface area (Å²) in [4.78, 5) is -0.207. The summed E-state index contributed by atoms with van der Waals surface area (Å²) in [5.74, 6) is -0.784. The van der Waals surface area contributed by atoms with Crippen molar-refractivity contribution in [1.29, 1.82) is 0 Å². The fraction of sp³-hybridized carbons (Fsp3) is 0. The Balaban J connectivity index is 2.46. The lowest BCUT2D eigenvalue weighted by atomic mass is 10.3. The molecule has 0 aliphatic carbocycles. The summed E-state index contributed by atoms with van der Waals surface area (Å²) in [5.41, 5.74) is 5.23. The zero-order valence-corrected chi connectivity index (χ0v) is 12.2. The molecule has 0 radical (unpaired) electrons. The second-order valence-electron chi connectivity index (χ2n) is 3.88. The number of anilines is 2. The van der Waals surface area contributed by atoms with Crippen LogP contribution in [-0.4, -0.2) is 8.42 Å². The minimum Gasteiger partial charge on any atom is -0.398 e. The van der Waals surface area contributed by atoms with Gasteiger partial charge in [-0.3, -0.25) is 4.72 Å². The molecule has 4 nitrogen and oxygen atoms in total. The van der Waals surface area contributed by atoms with E-state index in [1.807, 2.05) is 0 Å². The van der Waals surface area contributed by atoms with Gasteiger partial charge in [-0.1, -0.05) is 29.3 Å². The molecule has 0 aliphatic heterocycles. The van der Waals surface area contributed by atoms with Crippen molar-refractivity contribution in [2.24, 2.45) is 0 Å². The van der Waals surface area contributed by atoms with E-state index in [-0.39, 0.29) is 21.3 Å². The molecule has 0 aromatic heterocycles. The third kappa shape index (κ3) is 2.98. The van der Waals surface area contributed by atoms with Gasteiger partial charge in [-0.15, -0.1) is 0 Å². The number of nitrogens with one attached hydrogen (secondary N) is 1. The number of benzene rings is 2. The maximum Gasteiger partial charge on any atom is 0.264 e. The zero-order valence-electron chi connectivity index (χ0n) is 9.90. The summed E-state index contributed by atoms with van der Waals surface area (Å²) in [7, 11) is -4.06. The van der Waals surface area contributed by atoms with Crippen LogP contribution in [-0.2, 0) is 10.0 Å². The summed E-state index contributed by atoms with van der Waals surface area (Å²) in [6, 6.07) is 7.72. The Bertz CT molecular complexity index is 746. The van der Waals surface area contributed by atoms with Gasteiger partial charge in [-0.05, 0) is 30.3 Å². The molecule has 0 spiro atoms. The molecule has 106 valence electrons. The highest BCUT2D eigenvalue weighted by Crippen LogP contribution is 2.29. The topological polar surface area (TPSA) is 72.2 Å². The quantitative estimate of drug-likeness (QED) is 0.843. The molecule has 0 heterocycles. The highest BCUT2D eigenvalue weighted by Gasteiger charge is 2.20. The zero-order chi connectivity index (χ0) is 14.9. The number of hydrogen-bond donors (Lipinski definition) is 2. The van der Waals surface area contributed by atoms with E-state index in [2.05, 4.69) is 4.72 Å². The van der Waals surface area contributed by atoms with Crippen molar-refractivity contribution in [3.8, 4) is 0 Å². The Morgan fingerprint density at radius 3 is 2.45 bits per heavy atom. The van der Waals surface area contributed by atoms with Gasteiger partial charge in [0, 0.05) is 5.02 Å². The van der Waals surface area contributed by atoms with Crippen LogP contribution < -0.4 is 10.5 Å². The first-order valence-corrected chi connectivity index (χ1v) is 7.57. The summed E-state index contributed by atoms with van der Waals surface area (Å²) >= 11 is 11.5. The molecule has 0 aliphatic rings. The molecule has 2 aromatic rings. The van der Waals surface area contributed by atoms with Gasteiger partial charge in [-0.25, -0.2) is 12.8 Å². The fourth-order valence-corrected chi connectivity index (χ4v) is 3.20. The van der Waals surface area contributed by atoms with E-state index in [1.54, 1.807) is 0 Å². The van der Waals surface area contributed by atoms with Crippen molar-refractivity contribution < 1.29 is 12.8 Å². The Hall–Kier alpha value is -1.50. The Morgan fingerprint density at radius 1 is 1.15 bits per heavy atom. The lowest BCUT2D eigenvalue weighted by molar-refractivity contribution is 0.599. The summed E-state index contributed by atoms with van der Waals surface area (Å²) in [5, 5.41) is 0.242. The minimum atomic E-state index is -4.06. The first-order chi connectivity index (χ1) is 9.31. The van der Waals surface area contributed by atoms with E-state index < -0.39 is 15.8 Å². The number of rotatable bonds is 3. The van der Waals surface area contributed by atoms with Gasteiger partial charge in [0.2, 0.25) is 0 Å². The van der Waals surface area contributed by atoms with Gasteiger partial charge in [0.1, 0.15) is 16.4 Å². The van der Waals surface area contributed by atoms with Crippen molar-refractivity contribution in [2.75, 3.05) is 10.5 Å². The molecule has 20 heavy (non-hydrogen) atoms. The normalized spacial score (nSPS) is 11.3.